The van der Waals surface area contributed by atoms with E-state index in [4.69, 9.17) is 23.2 Å². The minimum atomic E-state index is -4.25. The van der Waals surface area contributed by atoms with E-state index in [1.807, 2.05) is 6.92 Å². The molecule has 0 unspecified atom stereocenters. The Morgan fingerprint density at radius 1 is 0.950 bits per heavy atom. The molecule has 0 fully saturated rings. The number of halogens is 3. The molecule has 0 aromatic heterocycles. The standard InChI is InChI=1S/C29H32Cl2FN3O4S/c1-3-5-15-33-29(37)27(4-2)34(19-21-11-13-24(32)14-12-21)28(36)20-35(25-17-22(30)16-23(31)18-25)40(38,39)26-9-7-6-8-10-26/h6-14,16-18,27H,3-5,15,19-20H2,1-2H3,(H,33,37)/t27-/m0/s1. The predicted octanol–water partition coefficient (Wildman–Crippen LogP) is 6.05. The van der Waals surface area contributed by atoms with E-state index in [9.17, 15) is 22.4 Å². The zero-order valence-electron chi connectivity index (χ0n) is 22.3. The minimum absolute atomic E-state index is 0.0334. The van der Waals surface area contributed by atoms with Crippen LogP contribution in [0, 0.1) is 5.82 Å². The highest BCUT2D eigenvalue weighted by atomic mass is 35.5. The molecule has 1 atom stereocenters. The molecule has 1 N–H and O–H groups in total. The van der Waals surface area contributed by atoms with Crippen molar-refractivity contribution in [3.05, 3.63) is 94.2 Å². The van der Waals surface area contributed by atoms with Crippen LogP contribution in [-0.4, -0.2) is 44.3 Å². The molecule has 3 rings (SSSR count). The monoisotopic (exact) mass is 607 g/mol. The lowest BCUT2D eigenvalue weighted by Gasteiger charge is -2.33. The van der Waals surface area contributed by atoms with Crippen molar-refractivity contribution < 1.29 is 22.4 Å². The maximum Gasteiger partial charge on any atom is 0.264 e. The van der Waals surface area contributed by atoms with Crippen molar-refractivity contribution in [3.63, 3.8) is 0 Å². The fourth-order valence-electron chi connectivity index (χ4n) is 4.14. The van der Waals surface area contributed by atoms with E-state index < -0.39 is 34.3 Å². The average molecular weight is 609 g/mol. The van der Waals surface area contributed by atoms with Gasteiger partial charge in [0.1, 0.15) is 18.4 Å². The number of unbranched alkanes of at least 4 members (excludes halogenated alkanes) is 1. The molecule has 0 aliphatic heterocycles. The third-order valence-corrected chi connectivity index (χ3v) is 8.45. The Balaban J connectivity index is 2.05. The van der Waals surface area contributed by atoms with Gasteiger partial charge in [-0.3, -0.25) is 13.9 Å². The normalized spacial score (nSPS) is 12.0. The molecule has 11 heteroatoms. The molecule has 7 nitrogen and oxygen atoms in total. The lowest BCUT2D eigenvalue weighted by atomic mass is 10.1. The number of nitrogens with zero attached hydrogens (tertiary/aromatic N) is 2. The summed E-state index contributed by atoms with van der Waals surface area (Å²) >= 11 is 12.4. The molecule has 0 heterocycles. The Labute approximate surface area is 244 Å². The minimum Gasteiger partial charge on any atom is -0.354 e. The van der Waals surface area contributed by atoms with Gasteiger partial charge in [-0.15, -0.1) is 0 Å². The van der Waals surface area contributed by atoms with Gasteiger partial charge < -0.3 is 10.2 Å². The number of rotatable bonds is 13. The number of sulfonamides is 1. The van der Waals surface area contributed by atoms with E-state index in [0.717, 1.165) is 17.1 Å². The molecule has 3 aromatic carbocycles. The van der Waals surface area contributed by atoms with Crippen LogP contribution >= 0.6 is 23.2 Å². The van der Waals surface area contributed by atoms with Crippen LogP contribution in [0.4, 0.5) is 10.1 Å². The second-order valence-corrected chi connectivity index (χ2v) is 11.9. The lowest BCUT2D eigenvalue weighted by Crippen LogP contribution is -2.52. The first kappa shape index (κ1) is 31.4. The Morgan fingerprint density at radius 3 is 2.15 bits per heavy atom. The highest BCUT2D eigenvalue weighted by molar-refractivity contribution is 7.92. The summed E-state index contributed by atoms with van der Waals surface area (Å²) in [6, 6.07) is 16.6. The average Bonchev–Trinajstić information content (AvgIpc) is 2.92. The van der Waals surface area contributed by atoms with Crippen molar-refractivity contribution in [1.82, 2.24) is 10.2 Å². The molecule has 0 saturated carbocycles. The van der Waals surface area contributed by atoms with Crippen molar-refractivity contribution in [2.75, 3.05) is 17.4 Å². The lowest BCUT2D eigenvalue weighted by molar-refractivity contribution is -0.140. The van der Waals surface area contributed by atoms with E-state index in [1.165, 1.54) is 59.5 Å². The van der Waals surface area contributed by atoms with Crippen LogP contribution in [0.2, 0.25) is 10.0 Å². The summed E-state index contributed by atoms with van der Waals surface area (Å²) < 4.78 is 42.1. The van der Waals surface area contributed by atoms with Gasteiger partial charge in [0, 0.05) is 23.1 Å². The fourth-order valence-corrected chi connectivity index (χ4v) is 6.08. The second-order valence-electron chi connectivity index (χ2n) is 9.17. The Hall–Kier alpha value is -3.14. The summed E-state index contributed by atoms with van der Waals surface area (Å²) in [4.78, 5) is 28.4. The molecule has 40 heavy (non-hydrogen) atoms. The number of amides is 2. The summed E-state index contributed by atoms with van der Waals surface area (Å²) in [5.41, 5.74) is 0.676. The highest BCUT2D eigenvalue weighted by Crippen LogP contribution is 2.30. The number of hydrogen-bond donors (Lipinski definition) is 1. The van der Waals surface area contributed by atoms with E-state index in [0.29, 0.717) is 12.1 Å². The van der Waals surface area contributed by atoms with E-state index in [1.54, 1.807) is 25.1 Å². The smallest absolute Gasteiger partial charge is 0.264 e. The Morgan fingerprint density at radius 2 is 1.57 bits per heavy atom. The van der Waals surface area contributed by atoms with Gasteiger partial charge in [-0.05, 0) is 60.9 Å². The summed E-state index contributed by atoms with van der Waals surface area (Å²) in [5, 5.41) is 3.24. The molecule has 0 spiro atoms. The number of nitrogens with one attached hydrogen (secondary N) is 1. The third-order valence-electron chi connectivity index (χ3n) is 6.23. The Bertz CT molecular complexity index is 1390. The Kier molecular flexibility index (Phi) is 11.4. The number of benzene rings is 3. The molecular formula is C29H32Cl2FN3O4S. The fraction of sp³-hybridized carbons (Fsp3) is 0.310. The highest BCUT2D eigenvalue weighted by Gasteiger charge is 2.33. The summed E-state index contributed by atoms with van der Waals surface area (Å²) in [5.74, 6) is -1.42. The van der Waals surface area contributed by atoms with Crippen LogP contribution in [0.5, 0.6) is 0 Å². The molecule has 2 amide bonds. The van der Waals surface area contributed by atoms with Gasteiger partial charge in [-0.1, -0.05) is 73.8 Å². The third kappa shape index (κ3) is 8.19. The maximum absolute atomic E-state index is 14.0. The van der Waals surface area contributed by atoms with Crippen LogP contribution in [0.1, 0.15) is 38.7 Å². The van der Waals surface area contributed by atoms with Gasteiger partial charge >= 0.3 is 0 Å². The van der Waals surface area contributed by atoms with E-state index in [-0.39, 0.29) is 39.5 Å². The largest absolute Gasteiger partial charge is 0.354 e. The summed E-state index contributed by atoms with van der Waals surface area (Å²) in [6.45, 7) is 3.55. The van der Waals surface area contributed by atoms with Gasteiger partial charge in [0.25, 0.3) is 10.0 Å². The van der Waals surface area contributed by atoms with Gasteiger partial charge in [0.15, 0.2) is 0 Å². The number of hydrogen-bond acceptors (Lipinski definition) is 4. The molecule has 214 valence electrons. The van der Waals surface area contributed by atoms with Crippen molar-refractivity contribution in [1.29, 1.82) is 0 Å². The van der Waals surface area contributed by atoms with Gasteiger partial charge in [-0.2, -0.15) is 0 Å². The van der Waals surface area contributed by atoms with Crippen molar-refractivity contribution in [2.45, 2.75) is 50.6 Å². The molecular weight excluding hydrogens is 576 g/mol. The SMILES string of the molecule is CCCCNC(=O)[C@H](CC)N(Cc1ccc(F)cc1)C(=O)CN(c1cc(Cl)cc(Cl)c1)S(=O)(=O)c1ccccc1. The predicted molar refractivity (Wildman–Crippen MR) is 156 cm³/mol. The molecule has 0 saturated heterocycles. The zero-order chi connectivity index (χ0) is 29.3. The molecule has 0 aliphatic rings. The van der Waals surface area contributed by atoms with Crippen molar-refractivity contribution in [2.24, 2.45) is 0 Å². The molecule has 0 aliphatic carbocycles. The molecule has 0 bridgehead atoms. The molecule has 3 aromatic rings. The van der Waals surface area contributed by atoms with E-state index in [2.05, 4.69) is 5.32 Å². The van der Waals surface area contributed by atoms with E-state index >= 15 is 0 Å². The first-order chi connectivity index (χ1) is 19.1. The summed E-state index contributed by atoms with van der Waals surface area (Å²) in [7, 11) is -4.25. The second kappa shape index (κ2) is 14.5. The van der Waals surface area contributed by atoms with Crippen LogP contribution in [0.3, 0.4) is 0 Å². The summed E-state index contributed by atoms with van der Waals surface area (Å²) in [6.07, 6.45) is 1.93. The number of carbonyl (C=O) groups is 2. The number of carbonyl (C=O) groups excluding carboxylic acids is 2. The van der Waals surface area contributed by atoms with Gasteiger partial charge in [0.2, 0.25) is 11.8 Å². The zero-order valence-corrected chi connectivity index (χ0v) is 24.6. The van der Waals surface area contributed by atoms with Crippen molar-refractivity contribution in [3.8, 4) is 0 Å². The first-order valence-corrected chi connectivity index (χ1v) is 15.1. The molecule has 0 radical (unpaired) electrons. The quantitative estimate of drug-likeness (QED) is 0.240. The maximum atomic E-state index is 14.0. The van der Waals surface area contributed by atoms with Gasteiger partial charge in [-0.25, -0.2) is 12.8 Å². The van der Waals surface area contributed by atoms with Crippen LogP contribution < -0.4 is 9.62 Å². The first-order valence-electron chi connectivity index (χ1n) is 12.9. The van der Waals surface area contributed by atoms with Crippen LogP contribution in [-0.2, 0) is 26.2 Å². The van der Waals surface area contributed by atoms with Crippen LogP contribution in [0.25, 0.3) is 0 Å². The number of anilines is 1. The van der Waals surface area contributed by atoms with Crippen molar-refractivity contribution >= 4 is 50.7 Å². The van der Waals surface area contributed by atoms with Gasteiger partial charge in [0.05, 0.1) is 10.6 Å². The topological polar surface area (TPSA) is 86.8 Å². The van der Waals surface area contributed by atoms with Crippen LogP contribution in [0.15, 0.2) is 77.7 Å².